The highest BCUT2D eigenvalue weighted by molar-refractivity contribution is 6.68. The van der Waals surface area contributed by atoms with Crippen LogP contribution < -0.4 is 0 Å². The summed E-state index contributed by atoms with van der Waals surface area (Å²) in [6, 6.07) is 0. The predicted molar refractivity (Wildman–Crippen MR) is 79.3 cm³/mol. The zero-order chi connectivity index (χ0) is 14.8. The molecule has 20 heavy (non-hydrogen) atoms. The summed E-state index contributed by atoms with van der Waals surface area (Å²) in [5.41, 5.74) is 0. The van der Waals surface area contributed by atoms with Gasteiger partial charge in [0.1, 0.15) is 12.7 Å². The molecule has 5 nitrogen and oxygen atoms in total. The van der Waals surface area contributed by atoms with E-state index in [2.05, 4.69) is 13.0 Å². The Balaban J connectivity index is 2.84. The maximum atomic E-state index is 5.91. The van der Waals surface area contributed by atoms with Crippen LogP contribution in [0.25, 0.3) is 0 Å². The van der Waals surface area contributed by atoms with Gasteiger partial charge in [0.2, 0.25) is 0 Å². The molecule has 1 saturated heterocycles. The van der Waals surface area contributed by atoms with Crippen molar-refractivity contribution in [2.45, 2.75) is 46.6 Å². The zero-order valence-corrected chi connectivity index (χ0v) is 14.1. The van der Waals surface area contributed by atoms with E-state index >= 15 is 0 Å². The molecule has 0 spiro atoms. The molecule has 0 amide bonds. The Morgan fingerprint density at radius 2 is 1.65 bits per heavy atom. The van der Waals surface area contributed by atoms with Crippen LogP contribution in [0.2, 0.25) is 0 Å². The van der Waals surface area contributed by atoms with Crippen LogP contribution in [0, 0.1) is 0 Å². The topological polar surface area (TPSA) is 49.5 Å². The molecule has 1 heterocycles. The van der Waals surface area contributed by atoms with E-state index in [1.807, 2.05) is 20.8 Å². The van der Waals surface area contributed by atoms with E-state index in [1.165, 1.54) is 0 Å². The van der Waals surface area contributed by atoms with Gasteiger partial charge in [-0.15, -0.1) is 0 Å². The molecular weight excluding hydrogens is 276 g/mol. The first-order valence-corrected chi connectivity index (χ1v) is 9.31. The van der Waals surface area contributed by atoms with Crippen LogP contribution in [0.15, 0.2) is 11.5 Å². The second-order valence-electron chi connectivity index (χ2n) is 4.48. The molecule has 1 aliphatic heterocycles. The molecule has 1 unspecified atom stereocenters. The van der Waals surface area contributed by atoms with Gasteiger partial charge in [-0.3, -0.25) is 0 Å². The SMILES string of the molecule is CCC/C=C(/OCC1CO1)[Si](OCC)(OCC)OCC. The van der Waals surface area contributed by atoms with Crippen molar-refractivity contribution < 1.29 is 22.8 Å². The number of rotatable bonds is 12. The number of epoxide rings is 1. The van der Waals surface area contributed by atoms with Gasteiger partial charge in [-0.2, -0.15) is 0 Å². The molecule has 6 heteroatoms. The van der Waals surface area contributed by atoms with E-state index in [4.69, 9.17) is 22.8 Å². The van der Waals surface area contributed by atoms with Crippen molar-refractivity contribution >= 4 is 8.80 Å². The third-order valence-corrected chi connectivity index (χ3v) is 5.71. The largest absolute Gasteiger partial charge is 0.573 e. The lowest BCUT2D eigenvalue weighted by molar-refractivity contribution is 0.0542. The number of hydrogen-bond acceptors (Lipinski definition) is 5. The number of hydrogen-bond donors (Lipinski definition) is 0. The molecule has 0 N–H and O–H groups in total. The lowest BCUT2D eigenvalue weighted by atomic mass is 10.3. The van der Waals surface area contributed by atoms with Crippen LogP contribution in [0.1, 0.15) is 40.5 Å². The van der Waals surface area contributed by atoms with Gasteiger partial charge in [-0.05, 0) is 33.3 Å². The Hall–Kier alpha value is -0.403. The van der Waals surface area contributed by atoms with Gasteiger partial charge in [0.05, 0.1) is 6.61 Å². The third-order valence-electron chi connectivity index (χ3n) is 2.75. The molecule has 0 saturated carbocycles. The highest BCUT2D eigenvalue weighted by atomic mass is 28.4. The number of unbranched alkanes of at least 4 members (excludes halogenated alkanes) is 1. The Morgan fingerprint density at radius 1 is 1.10 bits per heavy atom. The number of ether oxygens (including phenoxy) is 2. The van der Waals surface area contributed by atoms with E-state index in [9.17, 15) is 0 Å². The van der Waals surface area contributed by atoms with Crippen molar-refractivity contribution in [3.05, 3.63) is 11.5 Å². The second kappa shape index (κ2) is 9.52. The molecule has 0 aromatic rings. The summed E-state index contributed by atoms with van der Waals surface area (Å²) in [6.45, 7) is 10.9. The fraction of sp³-hybridized carbons (Fsp3) is 0.857. The zero-order valence-electron chi connectivity index (χ0n) is 13.1. The Morgan fingerprint density at radius 3 is 2.05 bits per heavy atom. The molecule has 1 fully saturated rings. The first-order chi connectivity index (χ1) is 9.72. The molecule has 1 aliphatic rings. The highest BCUT2D eigenvalue weighted by Crippen LogP contribution is 2.24. The van der Waals surface area contributed by atoms with Gasteiger partial charge in [0.25, 0.3) is 0 Å². The molecule has 118 valence electrons. The summed E-state index contributed by atoms with van der Waals surface area (Å²) in [5.74, 6) is 0. The summed E-state index contributed by atoms with van der Waals surface area (Å²) >= 11 is 0. The third kappa shape index (κ3) is 5.53. The lowest BCUT2D eigenvalue weighted by Crippen LogP contribution is -2.49. The summed E-state index contributed by atoms with van der Waals surface area (Å²) in [6.07, 6.45) is 4.22. The van der Waals surface area contributed by atoms with E-state index in [-0.39, 0.29) is 6.10 Å². The molecule has 0 aromatic heterocycles. The minimum atomic E-state index is -2.92. The predicted octanol–water partition coefficient (Wildman–Crippen LogP) is 2.67. The smallest absolute Gasteiger partial charge is 0.492 e. The van der Waals surface area contributed by atoms with Gasteiger partial charge >= 0.3 is 8.80 Å². The molecule has 0 radical (unpaired) electrons. The van der Waals surface area contributed by atoms with Crippen LogP contribution in [0.5, 0.6) is 0 Å². The first-order valence-electron chi connectivity index (χ1n) is 7.59. The molecule has 0 aliphatic carbocycles. The molecular formula is C14H28O5Si. The van der Waals surface area contributed by atoms with Crippen molar-refractivity contribution in [1.82, 2.24) is 0 Å². The van der Waals surface area contributed by atoms with E-state index < -0.39 is 8.80 Å². The normalized spacial score (nSPS) is 19.2. The summed E-state index contributed by atoms with van der Waals surface area (Å²) in [7, 11) is -2.92. The number of allylic oxidation sites excluding steroid dienone is 1. The van der Waals surface area contributed by atoms with Crippen molar-refractivity contribution in [3.63, 3.8) is 0 Å². The van der Waals surface area contributed by atoms with Crippen LogP contribution in [-0.2, 0) is 22.8 Å². The standard InChI is InChI=1S/C14H28O5Si/c1-5-9-10-14(16-12-13-11-15-13)20(17-6-2,18-7-3)19-8-4/h10,13H,5-9,11-12H2,1-4H3/b14-10-. The lowest BCUT2D eigenvalue weighted by Gasteiger charge is -2.30. The molecule has 0 bridgehead atoms. The van der Waals surface area contributed by atoms with Gasteiger partial charge < -0.3 is 22.8 Å². The maximum absolute atomic E-state index is 5.91. The fourth-order valence-corrected chi connectivity index (χ4v) is 4.27. The summed E-state index contributed by atoms with van der Waals surface area (Å²) < 4.78 is 28.8. The van der Waals surface area contributed by atoms with E-state index in [0.717, 1.165) is 24.8 Å². The average molecular weight is 304 g/mol. The van der Waals surface area contributed by atoms with Crippen LogP contribution in [0.3, 0.4) is 0 Å². The van der Waals surface area contributed by atoms with Gasteiger partial charge in [0, 0.05) is 19.8 Å². The van der Waals surface area contributed by atoms with Crippen molar-refractivity contribution in [1.29, 1.82) is 0 Å². The van der Waals surface area contributed by atoms with Crippen LogP contribution >= 0.6 is 0 Å². The van der Waals surface area contributed by atoms with E-state index in [1.54, 1.807) is 0 Å². The minimum absolute atomic E-state index is 0.205. The van der Waals surface area contributed by atoms with Gasteiger partial charge in [-0.1, -0.05) is 13.3 Å². The van der Waals surface area contributed by atoms with Crippen molar-refractivity contribution in [2.75, 3.05) is 33.0 Å². The summed E-state index contributed by atoms with van der Waals surface area (Å²) in [4.78, 5) is 0. The highest BCUT2D eigenvalue weighted by Gasteiger charge is 2.48. The summed E-state index contributed by atoms with van der Waals surface area (Å²) in [5, 5.41) is 0.736. The van der Waals surface area contributed by atoms with Crippen molar-refractivity contribution in [3.8, 4) is 0 Å². The van der Waals surface area contributed by atoms with Gasteiger partial charge in [0.15, 0.2) is 5.38 Å². The van der Waals surface area contributed by atoms with Gasteiger partial charge in [-0.25, -0.2) is 0 Å². The van der Waals surface area contributed by atoms with Crippen LogP contribution in [-0.4, -0.2) is 47.9 Å². The quantitative estimate of drug-likeness (QED) is 0.315. The van der Waals surface area contributed by atoms with Crippen LogP contribution in [0.4, 0.5) is 0 Å². The van der Waals surface area contributed by atoms with E-state index in [0.29, 0.717) is 26.4 Å². The monoisotopic (exact) mass is 304 g/mol. The second-order valence-corrected chi connectivity index (χ2v) is 6.95. The molecule has 1 atom stereocenters. The average Bonchev–Trinajstić information content (AvgIpc) is 3.23. The minimum Gasteiger partial charge on any atom is -0.492 e. The Labute approximate surface area is 123 Å². The molecule has 1 rings (SSSR count). The molecule has 0 aromatic carbocycles. The maximum Gasteiger partial charge on any atom is 0.573 e. The first kappa shape index (κ1) is 17.6. The van der Waals surface area contributed by atoms with Crippen molar-refractivity contribution in [2.24, 2.45) is 0 Å². The fourth-order valence-electron chi connectivity index (χ4n) is 1.80. The Bertz CT molecular complexity index is 274. The Kier molecular flexibility index (Phi) is 8.40.